The molecule has 20 heavy (non-hydrogen) atoms. The van der Waals surface area contributed by atoms with E-state index in [0.29, 0.717) is 0 Å². The summed E-state index contributed by atoms with van der Waals surface area (Å²) in [4.78, 5) is 21.4. The lowest BCUT2D eigenvalue weighted by molar-refractivity contribution is -0.146. The van der Waals surface area contributed by atoms with Gasteiger partial charge in [0.1, 0.15) is 13.1 Å². The number of amides is 1. The number of carboxylic acid groups (broad SMARTS) is 1. The normalized spacial score (nSPS) is 12.6. The number of carbonyl (C=O) groups is 2. The van der Waals surface area contributed by atoms with Gasteiger partial charge >= 0.3 is 28.4 Å². The Kier molecular flexibility index (Phi) is 6.22. The number of rotatable bonds is 6. The number of aliphatic carboxylic acids is 1. The molecule has 0 saturated heterocycles. The SMILES string of the molecule is CC(C)OC(=O)NS(=O)(=O)N(CC(=O)O)CC(F)(F)F. The lowest BCUT2D eigenvalue weighted by Crippen LogP contribution is -2.49. The molecule has 0 saturated carbocycles. The fourth-order valence-corrected chi connectivity index (χ4v) is 1.97. The van der Waals surface area contributed by atoms with E-state index < -0.39 is 51.9 Å². The number of alkyl halides is 3. The lowest BCUT2D eigenvalue weighted by Gasteiger charge is -2.21. The average molecular weight is 322 g/mol. The molecule has 0 heterocycles. The van der Waals surface area contributed by atoms with Gasteiger partial charge in [-0.2, -0.15) is 25.9 Å². The molecule has 0 aromatic heterocycles. The number of hydrogen-bond donors (Lipinski definition) is 2. The molecule has 8 nitrogen and oxygen atoms in total. The molecule has 118 valence electrons. The maximum atomic E-state index is 12.2. The van der Waals surface area contributed by atoms with Crippen LogP contribution in [-0.2, 0) is 19.7 Å². The van der Waals surface area contributed by atoms with Gasteiger partial charge in [-0.15, -0.1) is 0 Å². The monoisotopic (exact) mass is 322 g/mol. The average Bonchev–Trinajstić information content (AvgIpc) is 2.10. The number of hydrogen-bond acceptors (Lipinski definition) is 5. The molecule has 0 bridgehead atoms. The van der Waals surface area contributed by atoms with Crippen LogP contribution in [0.25, 0.3) is 0 Å². The molecule has 1 amide bonds. The van der Waals surface area contributed by atoms with Crippen LogP contribution in [0.1, 0.15) is 13.8 Å². The third kappa shape index (κ3) is 7.78. The minimum Gasteiger partial charge on any atom is -0.480 e. The molecule has 0 unspecified atom stereocenters. The van der Waals surface area contributed by atoms with E-state index in [0.717, 1.165) is 0 Å². The van der Waals surface area contributed by atoms with Crippen molar-refractivity contribution in [1.29, 1.82) is 0 Å². The van der Waals surface area contributed by atoms with Gasteiger partial charge in [-0.1, -0.05) is 0 Å². The van der Waals surface area contributed by atoms with Crippen LogP contribution >= 0.6 is 0 Å². The fourth-order valence-electron chi connectivity index (χ4n) is 0.985. The summed E-state index contributed by atoms with van der Waals surface area (Å²) < 4.78 is 64.7. The van der Waals surface area contributed by atoms with Crippen LogP contribution in [0.3, 0.4) is 0 Å². The summed E-state index contributed by atoms with van der Waals surface area (Å²) in [5.74, 6) is -1.81. The quantitative estimate of drug-likeness (QED) is 0.728. The molecule has 0 aliphatic carbocycles. The van der Waals surface area contributed by atoms with Crippen LogP contribution in [-0.4, -0.2) is 55.3 Å². The van der Waals surface area contributed by atoms with Gasteiger partial charge in [-0.3, -0.25) is 4.79 Å². The van der Waals surface area contributed by atoms with Crippen molar-refractivity contribution in [2.24, 2.45) is 0 Å². The predicted octanol–water partition coefficient (Wildman–Crippen LogP) is 0.315. The van der Waals surface area contributed by atoms with Crippen molar-refractivity contribution in [3.8, 4) is 0 Å². The van der Waals surface area contributed by atoms with Crippen LogP contribution in [0.4, 0.5) is 18.0 Å². The minimum atomic E-state index is -4.99. The Balaban J connectivity index is 5.03. The summed E-state index contributed by atoms with van der Waals surface area (Å²) in [5.41, 5.74) is 0. The summed E-state index contributed by atoms with van der Waals surface area (Å²) in [6, 6.07) is 0. The molecule has 0 rings (SSSR count). The molecular formula is C8H13F3N2O6S. The molecule has 0 aliphatic rings. The van der Waals surface area contributed by atoms with Gasteiger partial charge in [0.25, 0.3) is 0 Å². The Hall–Kier alpha value is -1.56. The largest absolute Gasteiger partial charge is 0.480 e. The maximum absolute atomic E-state index is 12.2. The smallest absolute Gasteiger partial charge is 0.422 e. The second kappa shape index (κ2) is 6.74. The second-order valence-corrected chi connectivity index (χ2v) is 5.51. The third-order valence-corrected chi connectivity index (χ3v) is 2.92. The zero-order valence-corrected chi connectivity index (χ0v) is 11.3. The zero-order chi connectivity index (χ0) is 16.1. The van der Waals surface area contributed by atoms with Crippen LogP contribution in [0, 0.1) is 0 Å². The van der Waals surface area contributed by atoms with Crippen LogP contribution in [0.2, 0.25) is 0 Å². The molecule has 0 aromatic rings. The van der Waals surface area contributed by atoms with E-state index in [2.05, 4.69) is 4.74 Å². The summed E-state index contributed by atoms with van der Waals surface area (Å²) in [7, 11) is -4.99. The predicted molar refractivity (Wildman–Crippen MR) is 58.9 cm³/mol. The number of nitrogens with one attached hydrogen (secondary N) is 1. The van der Waals surface area contributed by atoms with E-state index in [-0.39, 0.29) is 0 Å². The molecule has 0 aromatic carbocycles. The highest BCUT2D eigenvalue weighted by atomic mass is 32.2. The highest BCUT2D eigenvalue weighted by Crippen LogP contribution is 2.18. The molecule has 0 atom stereocenters. The molecule has 12 heteroatoms. The first-order valence-corrected chi connectivity index (χ1v) is 6.54. The van der Waals surface area contributed by atoms with Crippen molar-refractivity contribution in [3.05, 3.63) is 0 Å². The van der Waals surface area contributed by atoms with E-state index in [9.17, 15) is 31.2 Å². The highest BCUT2D eigenvalue weighted by Gasteiger charge is 2.38. The highest BCUT2D eigenvalue weighted by molar-refractivity contribution is 7.87. The zero-order valence-electron chi connectivity index (χ0n) is 10.5. The van der Waals surface area contributed by atoms with Crippen molar-refractivity contribution in [1.82, 2.24) is 9.03 Å². The van der Waals surface area contributed by atoms with Gasteiger partial charge in [0.15, 0.2) is 0 Å². The van der Waals surface area contributed by atoms with E-state index >= 15 is 0 Å². The number of carbonyl (C=O) groups excluding carboxylic acids is 1. The van der Waals surface area contributed by atoms with Crippen molar-refractivity contribution in [2.75, 3.05) is 13.1 Å². The Labute approximate surface area is 112 Å². The molecule has 2 N–H and O–H groups in total. The molecule has 0 spiro atoms. The number of nitrogens with zero attached hydrogens (tertiary/aromatic N) is 1. The van der Waals surface area contributed by atoms with E-state index in [4.69, 9.17) is 5.11 Å². The fraction of sp³-hybridized carbons (Fsp3) is 0.750. The Morgan fingerprint density at radius 1 is 1.35 bits per heavy atom. The molecule has 0 aliphatic heterocycles. The van der Waals surface area contributed by atoms with Gasteiger partial charge in [0.05, 0.1) is 6.10 Å². The minimum absolute atomic E-state index is 0.434. The second-order valence-electron chi connectivity index (χ2n) is 3.84. The standard InChI is InChI=1S/C8H13F3N2O6S/c1-5(2)19-7(16)12-20(17,18)13(3-6(14)15)4-8(9,10)11/h5H,3-4H2,1-2H3,(H,12,16)(H,14,15). The van der Waals surface area contributed by atoms with Gasteiger partial charge in [0, 0.05) is 0 Å². The lowest BCUT2D eigenvalue weighted by atomic mass is 10.5. The van der Waals surface area contributed by atoms with Crippen LogP contribution in [0.5, 0.6) is 0 Å². The Morgan fingerprint density at radius 3 is 2.20 bits per heavy atom. The Morgan fingerprint density at radius 2 is 1.85 bits per heavy atom. The van der Waals surface area contributed by atoms with Crippen molar-refractivity contribution in [3.63, 3.8) is 0 Å². The number of carboxylic acids is 1. The number of halogens is 3. The van der Waals surface area contributed by atoms with Crippen LogP contribution in [0.15, 0.2) is 0 Å². The first kappa shape index (κ1) is 18.4. The van der Waals surface area contributed by atoms with E-state index in [1.165, 1.54) is 18.6 Å². The van der Waals surface area contributed by atoms with Crippen molar-refractivity contribution < 1.29 is 41.0 Å². The van der Waals surface area contributed by atoms with Gasteiger partial charge < -0.3 is 9.84 Å². The molecule has 0 fully saturated rings. The molecular weight excluding hydrogens is 309 g/mol. The summed E-state index contributed by atoms with van der Waals surface area (Å²) in [5, 5.41) is 8.41. The van der Waals surface area contributed by atoms with Gasteiger partial charge in [0.2, 0.25) is 0 Å². The van der Waals surface area contributed by atoms with Gasteiger partial charge in [-0.05, 0) is 13.8 Å². The first-order valence-electron chi connectivity index (χ1n) is 5.10. The van der Waals surface area contributed by atoms with E-state index in [1.807, 2.05) is 0 Å². The van der Waals surface area contributed by atoms with E-state index in [1.54, 1.807) is 0 Å². The Bertz CT molecular complexity index is 461. The van der Waals surface area contributed by atoms with Gasteiger partial charge in [-0.25, -0.2) is 9.52 Å². The topological polar surface area (TPSA) is 113 Å². The molecule has 0 radical (unpaired) electrons. The number of ether oxygens (including phenoxy) is 1. The maximum Gasteiger partial charge on any atom is 0.422 e. The summed E-state index contributed by atoms with van der Waals surface area (Å²) in [6.45, 7) is -0.735. The summed E-state index contributed by atoms with van der Waals surface area (Å²) >= 11 is 0. The first-order chi connectivity index (χ1) is 8.83. The third-order valence-electron chi connectivity index (χ3n) is 1.56. The summed E-state index contributed by atoms with van der Waals surface area (Å²) in [6.07, 6.45) is -7.18. The van der Waals surface area contributed by atoms with Crippen molar-refractivity contribution in [2.45, 2.75) is 26.1 Å². The van der Waals surface area contributed by atoms with Crippen molar-refractivity contribution >= 4 is 22.3 Å². The van der Waals surface area contributed by atoms with Crippen LogP contribution < -0.4 is 4.72 Å².